The fourth-order valence-electron chi connectivity index (χ4n) is 13.3. The number of nitrogens with zero attached hydrogens (tertiary/aromatic N) is 2. The Balaban J connectivity index is 1.18. The van der Waals surface area contributed by atoms with Gasteiger partial charge in [-0.2, -0.15) is 0 Å². The van der Waals surface area contributed by atoms with Crippen LogP contribution >= 0.6 is 0 Å². The van der Waals surface area contributed by atoms with E-state index in [4.69, 9.17) is 8.83 Å². The fraction of sp³-hybridized carbons (Fsp3) is 0.189. The second-order valence-corrected chi connectivity index (χ2v) is 23.2. The summed E-state index contributed by atoms with van der Waals surface area (Å²) in [4.78, 5) is 4.96. The van der Waals surface area contributed by atoms with Gasteiger partial charge in [0.2, 0.25) is 0 Å². The van der Waals surface area contributed by atoms with E-state index in [1.54, 1.807) is 0 Å². The van der Waals surface area contributed by atoms with Crippen LogP contribution in [0.15, 0.2) is 209 Å². The van der Waals surface area contributed by atoms with Crippen molar-refractivity contribution >= 4 is 78.0 Å². The van der Waals surface area contributed by atoms with Crippen molar-refractivity contribution in [3.05, 3.63) is 250 Å². The molecule has 0 unspecified atom stereocenters. The van der Waals surface area contributed by atoms with Crippen molar-refractivity contribution in [1.82, 2.24) is 0 Å². The molecule has 0 radical (unpaired) electrons. The van der Waals surface area contributed by atoms with Gasteiger partial charge >= 0.3 is 0 Å². The molecular weight excluding hydrogens is 949 g/mol. The molecule has 0 fully saturated rings. The van der Waals surface area contributed by atoms with Gasteiger partial charge in [0.25, 0.3) is 0 Å². The van der Waals surface area contributed by atoms with E-state index in [2.05, 4.69) is 272 Å². The number of furan rings is 2. The fourth-order valence-corrected chi connectivity index (χ4v) is 13.3. The minimum absolute atomic E-state index is 0.386. The minimum atomic E-state index is -0.792. The van der Waals surface area contributed by atoms with Crippen LogP contribution in [-0.2, 0) is 5.41 Å². The van der Waals surface area contributed by atoms with Gasteiger partial charge in [0.05, 0.1) is 22.2 Å². The van der Waals surface area contributed by atoms with Crippen LogP contribution in [0.5, 0.6) is 0 Å². The molecule has 2 heterocycles. The molecule has 0 aliphatic heterocycles. The van der Waals surface area contributed by atoms with E-state index in [1.165, 1.54) is 61.2 Å². The molecule has 4 heteroatoms. The summed E-state index contributed by atoms with van der Waals surface area (Å²) in [7, 11) is 0. The Hall–Kier alpha value is -8.60. The molecule has 78 heavy (non-hydrogen) atoms. The summed E-state index contributed by atoms with van der Waals surface area (Å²) in [5, 5.41) is 4.30. The average Bonchev–Trinajstić information content (AvgIpc) is 2.46. The first-order valence-electron chi connectivity index (χ1n) is 28.1. The number of aryl methyl sites for hydroxylation is 1. The molecule has 1 spiro atoms. The highest BCUT2D eigenvalue weighted by atomic mass is 16.3. The summed E-state index contributed by atoms with van der Waals surface area (Å²) in [5.74, 6) is 1.55. The van der Waals surface area contributed by atoms with Crippen molar-refractivity contribution in [2.45, 2.75) is 91.4 Å². The number of rotatable bonds is 10. The number of benzene rings is 10. The topological polar surface area (TPSA) is 32.8 Å². The van der Waals surface area contributed by atoms with Gasteiger partial charge in [0.15, 0.2) is 5.58 Å². The van der Waals surface area contributed by atoms with Crippen molar-refractivity contribution in [3.63, 3.8) is 0 Å². The van der Waals surface area contributed by atoms with E-state index in [0.717, 1.165) is 89.1 Å². The smallest absolute Gasteiger partial charge is 0.160 e. The van der Waals surface area contributed by atoms with Crippen LogP contribution < -0.4 is 9.80 Å². The SMILES string of the molecule is Cc1cc(C(C)C)ccc1N(c1ccc(C(C)C)cc1)c1cc2c(c3oc4ccccc4c13)-c1c(cc(N(c3ccc(C(C)C)cc3)c3ccc(C(C)C)cc3)c3oc4ccccc4c13)C21c2ccccc2-c2ccccc21. The Bertz CT molecular complexity index is 4240. The maximum Gasteiger partial charge on any atom is 0.160 e. The number of fused-ring (bicyclic) bond motifs is 18. The summed E-state index contributed by atoms with van der Waals surface area (Å²) >= 11 is 0. The standard InChI is InChI=1S/C74H64N2O2/c1-43(2)48-26-33-52(34-27-48)75(53-35-28-49(29-36-53)44(3)4)65-42-61-70(69-58-21-13-17-25-67(58)77-72(65)69)71-62(74(61)59-22-14-10-18-55(59)56-19-11-15-23-60(56)74)41-64(68-57-20-12-16-24-66(57)78-73(68)71)76(54-37-30-50(31-38-54)45(5)6)63-39-32-51(46(7)8)40-47(63)9/h10-46H,1-9H3. The molecule has 2 aliphatic rings. The first-order valence-corrected chi connectivity index (χ1v) is 28.1. The van der Waals surface area contributed by atoms with E-state index < -0.39 is 5.41 Å². The maximum absolute atomic E-state index is 7.57. The quantitative estimate of drug-likeness (QED) is 0.137. The summed E-state index contributed by atoms with van der Waals surface area (Å²) in [6.07, 6.45) is 0. The van der Waals surface area contributed by atoms with Crippen LogP contribution in [0.4, 0.5) is 34.1 Å². The zero-order valence-corrected chi connectivity index (χ0v) is 46.1. The highest BCUT2D eigenvalue weighted by Crippen LogP contribution is 2.68. The molecule has 0 saturated carbocycles. The molecular formula is C74H64N2O2. The first-order chi connectivity index (χ1) is 37.9. The van der Waals surface area contributed by atoms with E-state index in [-0.39, 0.29) is 0 Å². The van der Waals surface area contributed by atoms with Crippen molar-refractivity contribution in [2.24, 2.45) is 0 Å². The lowest BCUT2D eigenvalue weighted by Gasteiger charge is -2.34. The van der Waals surface area contributed by atoms with Gasteiger partial charge < -0.3 is 18.6 Å². The van der Waals surface area contributed by atoms with Gasteiger partial charge in [-0.05, 0) is 159 Å². The Kier molecular flexibility index (Phi) is 11.0. The van der Waals surface area contributed by atoms with Crippen molar-refractivity contribution in [2.75, 3.05) is 9.80 Å². The number of hydrogen-bond donors (Lipinski definition) is 0. The molecule has 2 aliphatic carbocycles. The van der Waals surface area contributed by atoms with Gasteiger partial charge in [-0.1, -0.05) is 189 Å². The Morgan fingerprint density at radius 3 is 1.28 bits per heavy atom. The van der Waals surface area contributed by atoms with Crippen LogP contribution in [0.1, 0.15) is 129 Å². The van der Waals surface area contributed by atoms with Crippen molar-refractivity contribution in [1.29, 1.82) is 0 Å². The zero-order chi connectivity index (χ0) is 53.3. The molecule has 0 N–H and O–H groups in total. The molecule has 0 atom stereocenters. The molecule has 12 aromatic rings. The lowest BCUT2D eigenvalue weighted by atomic mass is 9.70. The van der Waals surface area contributed by atoms with Crippen LogP contribution in [0.2, 0.25) is 0 Å². The molecule has 0 saturated heterocycles. The molecule has 14 rings (SSSR count). The minimum Gasteiger partial charge on any atom is -0.455 e. The molecule has 0 amide bonds. The lowest BCUT2D eigenvalue weighted by molar-refractivity contribution is 0.668. The highest BCUT2D eigenvalue weighted by molar-refractivity contribution is 6.26. The van der Waals surface area contributed by atoms with Crippen LogP contribution in [0.25, 0.3) is 66.1 Å². The lowest BCUT2D eigenvalue weighted by Crippen LogP contribution is -2.26. The van der Waals surface area contributed by atoms with Gasteiger partial charge in [0, 0.05) is 50.0 Å². The molecule has 4 nitrogen and oxygen atoms in total. The molecule has 0 bridgehead atoms. The second kappa shape index (κ2) is 18.0. The number of hydrogen-bond acceptors (Lipinski definition) is 4. The summed E-state index contributed by atoms with van der Waals surface area (Å²) in [5.41, 5.74) is 25.1. The van der Waals surface area contributed by atoms with E-state index in [9.17, 15) is 0 Å². The van der Waals surface area contributed by atoms with E-state index in [1.807, 2.05) is 0 Å². The van der Waals surface area contributed by atoms with Gasteiger partial charge in [-0.15, -0.1) is 0 Å². The predicted molar refractivity (Wildman–Crippen MR) is 328 cm³/mol. The zero-order valence-electron chi connectivity index (χ0n) is 46.1. The maximum atomic E-state index is 7.57. The number of anilines is 6. The van der Waals surface area contributed by atoms with E-state index >= 15 is 0 Å². The van der Waals surface area contributed by atoms with Gasteiger partial charge in [-0.25, -0.2) is 0 Å². The molecule has 10 aromatic carbocycles. The second-order valence-electron chi connectivity index (χ2n) is 23.2. The highest BCUT2D eigenvalue weighted by Gasteiger charge is 2.54. The van der Waals surface area contributed by atoms with Gasteiger partial charge in [0.1, 0.15) is 16.7 Å². The third kappa shape index (κ3) is 6.98. The Labute approximate surface area is 458 Å². The first kappa shape index (κ1) is 47.8. The Morgan fingerprint density at radius 2 is 0.769 bits per heavy atom. The molecule has 382 valence electrons. The van der Waals surface area contributed by atoms with Crippen LogP contribution in [0.3, 0.4) is 0 Å². The van der Waals surface area contributed by atoms with Crippen molar-refractivity contribution in [3.8, 4) is 22.3 Å². The predicted octanol–water partition coefficient (Wildman–Crippen LogP) is 21.6. The number of para-hydroxylation sites is 2. The van der Waals surface area contributed by atoms with Crippen LogP contribution in [0, 0.1) is 6.92 Å². The average molecular weight is 1010 g/mol. The summed E-state index contributed by atoms with van der Waals surface area (Å²) in [6, 6.07) is 75.3. The van der Waals surface area contributed by atoms with Gasteiger partial charge in [-0.3, -0.25) is 0 Å². The third-order valence-electron chi connectivity index (χ3n) is 17.3. The van der Waals surface area contributed by atoms with Crippen molar-refractivity contribution < 1.29 is 8.83 Å². The Morgan fingerprint density at radius 1 is 0.346 bits per heavy atom. The largest absolute Gasteiger partial charge is 0.455 e. The summed E-state index contributed by atoms with van der Waals surface area (Å²) < 4.78 is 15.0. The van der Waals surface area contributed by atoms with Crippen LogP contribution in [-0.4, -0.2) is 0 Å². The molecule has 2 aromatic heterocycles. The van der Waals surface area contributed by atoms with E-state index in [0.29, 0.717) is 23.7 Å². The third-order valence-corrected chi connectivity index (χ3v) is 17.3. The monoisotopic (exact) mass is 1010 g/mol. The normalized spacial score (nSPS) is 13.2. The summed E-state index contributed by atoms with van der Waals surface area (Å²) in [6.45, 7) is 20.4.